The monoisotopic (exact) mass is 284 g/mol. The van der Waals surface area contributed by atoms with Crippen LogP contribution < -0.4 is 0 Å². The molecule has 1 aromatic carbocycles. The molecule has 1 aliphatic rings. The summed E-state index contributed by atoms with van der Waals surface area (Å²) in [5, 5.41) is 0. The molecule has 1 N–H and O–H groups in total. The summed E-state index contributed by atoms with van der Waals surface area (Å²) in [6.45, 7) is 6.98. The van der Waals surface area contributed by atoms with Gasteiger partial charge >= 0.3 is 0 Å². The molecule has 0 fully saturated rings. The van der Waals surface area contributed by atoms with Gasteiger partial charge in [-0.05, 0) is 31.0 Å². The van der Waals surface area contributed by atoms with Gasteiger partial charge in [-0.15, -0.1) is 0 Å². The van der Waals surface area contributed by atoms with Crippen molar-refractivity contribution in [1.82, 2.24) is 0 Å². The highest BCUT2D eigenvalue weighted by Gasteiger charge is 2.31. The van der Waals surface area contributed by atoms with E-state index in [0.717, 1.165) is 5.56 Å². The van der Waals surface area contributed by atoms with Crippen molar-refractivity contribution in [2.45, 2.75) is 38.4 Å². The van der Waals surface area contributed by atoms with E-state index in [2.05, 4.69) is 0 Å². The van der Waals surface area contributed by atoms with E-state index in [-0.39, 0.29) is 4.90 Å². The maximum Gasteiger partial charge on any atom is 0.294 e. The Morgan fingerprint density at radius 1 is 1.21 bits per heavy atom. The third-order valence-electron chi connectivity index (χ3n) is 2.95. The molecule has 0 saturated carbocycles. The molecule has 5 nitrogen and oxygen atoms in total. The lowest BCUT2D eigenvalue weighted by Crippen LogP contribution is -2.20. The number of hydrogen-bond donors (Lipinski definition) is 1. The standard InChI is InChI=1S/C13H16O5S/c1-8-5-6-11(19(14,15)16)9(2)12(8)10-7-17-13(3,4)18-10/h5-7H,1-4H3,(H,14,15,16). The van der Waals surface area contributed by atoms with Gasteiger partial charge in [0.05, 0.1) is 4.90 Å². The quantitative estimate of drug-likeness (QED) is 0.845. The molecule has 1 heterocycles. The highest BCUT2D eigenvalue weighted by molar-refractivity contribution is 7.85. The summed E-state index contributed by atoms with van der Waals surface area (Å²) < 4.78 is 42.8. The average molecular weight is 284 g/mol. The summed E-state index contributed by atoms with van der Waals surface area (Å²) in [4.78, 5) is -0.123. The first-order valence-electron chi connectivity index (χ1n) is 5.77. The second kappa shape index (κ2) is 4.25. The zero-order valence-corrected chi connectivity index (χ0v) is 12.0. The molecule has 0 spiro atoms. The van der Waals surface area contributed by atoms with Crippen molar-refractivity contribution in [2.24, 2.45) is 0 Å². The molecule has 104 valence electrons. The van der Waals surface area contributed by atoms with Crippen LogP contribution in [0.2, 0.25) is 0 Å². The molecule has 0 bridgehead atoms. The van der Waals surface area contributed by atoms with Gasteiger partial charge in [-0.3, -0.25) is 4.55 Å². The SMILES string of the molecule is Cc1ccc(S(=O)(=O)O)c(C)c1C1=COC(C)(C)O1. The van der Waals surface area contributed by atoms with Crippen molar-refractivity contribution >= 4 is 15.9 Å². The van der Waals surface area contributed by atoms with Crippen molar-refractivity contribution in [3.8, 4) is 0 Å². The molecular weight excluding hydrogens is 268 g/mol. The fraction of sp³-hybridized carbons (Fsp3) is 0.385. The Morgan fingerprint density at radius 2 is 1.84 bits per heavy atom. The van der Waals surface area contributed by atoms with Crippen LogP contribution in [-0.4, -0.2) is 18.8 Å². The van der Waals surface area contributed by atoms with Gasteiger partial charge in [-0.1, -0.05) is 6.07 Å². The molecule has 6 heteroatoms. The lowest BCUT2D eigenvalue weighted by molar-refractivity contribution is -0.102. The van der Waals surface area contributed by atoms with Crippen LogP contribution in [-0.2, 0) is 19.6 Å². The molecule has 1 aliphatic heterocycles. The van der Waals surface area contributed by atoms with Gasteiger partial charge in [0.1, 0.15) is 6.26 Å². The van der Waals surface area contributed by atoms with E-state index in [1.165, 1.54) is 12.3 Å². The molecule has 19 heavy (non-hydrogen) atoms. The molecule has 0 amide bonds. The summed E-state index contributed by atoms with van der Waals surface area (Å²) in [6.07, 6.45) is 1.46. The number of rotatable bonds is 2. The van der Waals surface area contributed by atoms with Crippen molar-refractivity contribution < 1.29 is 22.4 Å². The number of ether oxygens (including phenoxy) is 2. The first-order chi connectivity index (χ1) is 8.62. The van der Waals surface area contributed by atoms with E-state index in [9.17, 15) is 13.0 Å². The summed E-state index contributed by atoms with van der Waals surface area (Å²) >= 11 is 0. The van der Waals surface area contributed by atoms with Gasteiger partial charge in [0.15, 0.2) is 5.76 Å². The van der Waals surface area contributed by atoms with Crippen LogP contribution in [0.4, 0.5) is 0 Å². The van der Waals surface area contributed by atoms with Crippen LogP contribution >= 0.6 is 0 Å². The second-order valence-corrected chi connectivity index (χ2v) is 6.35. The topological polar surface area (TPSA) is 72.8 Å². The number of aryl methyl sites for hydroxylation is 1. The maximum absolute atomic E-state index is 11.3. The van der Waals surface area contributed by atoms with E-state index in [1.807, 2.05) is 6.92 Å². The molecule has 2 rings (SSSR count). The van der Waals surface area contributed by atoms with Gasteiger partial charge in [0.25, 0.3) is 10.1 Å². The Morgan fingerprint density at radius 3 is 2.32 bits per heavy atom. The Bertz CT molecular complexity index is 656. The second-order valence-electron chi connectivity index (χ2n) is 4.96. The maximum atomic E-state index is 11.3. The predicted molar refractivity (Wildman–Crippen MR) is 70.0 cm³/mol. The summed E-state index contributed by atoms with van der Waals surface area (Å²) in [6, 6.07) is 3.01. The van der Waals surface area contributed by atoms with E-state index < -0.39 is 15.9 Å². The Kier molecular flexibility index (Phi) is 3.10. The first-order valence-corrected chi connectivity index (χ1v) is 7.21. The molecule has 0 aliphatic carbocycles. The Labute approximate surface area is 112 Å². The van der Waals surface area contributed by atoms with Gasteiger partial charge in [0.2, 0.25) is 5.79 Å². The smallest absolute Gasteiger partial charge is 0.294 e. The number of benzene rings is 1. The van der Waals surface area contributed by atoms with Crippen LogP contribution in [0.1, 0.15) is 30.5 Å². The van der Waals surface area contributed by atoms with Crippen LogP contribution in [0, 0.1) is 13.8 Å². The van der Waals surface area contributed by atoms with Crippen molar-refractivity contribution in [3.05, 3.63) is 35.1 Å². The van der Waals surface area contributed by atoms with Gasteiger partial charge < -0.3 is 9.47 Å². The molecule has 0 aromatic heterocycles. The minimum atomic E-state index is -4.25. The molecule has 0 radical (unpaired) electrons. The Hall–Kier alpha value is -1.53. The zero-order chi connectivity index (χ0) is 14.4. The fourth-order valence-corrected chi connectivity index (χ4v) is 2.83. The van der Waals surface area contributed by atoms with Gasteiger partial charge in [-0.2, -0.15) is 8.42 Å². The predicted octanol–water partition coefficient (Wildman–Crippen LogP) is 2.63. The highest BCUT2D eigenvalue weighted by Crippen LogP contribution is 2.36. The third-order valence-corrected chi connectivity index (χ3v) is 3.95. The lowest BCUT2D eigenvalue weighted by Gasteiger charge is -2.20. The van der Waals surface area contributed by atoms with Crippen molar-refractivity contribution in [2.75, 3.05) is 0 Å². The van der Waals surface area contributed by atoms with E-state index in [4.69, 9.17) is 9.47 Å². The molecule has 1 aromatic rings. The summed E-state index contributed by atoms with van der Waals surface area (Å²) in [7, 11) is -4.25. The minimum absolute atomic E-state index is 0.123. The molecule has 0 unspecified atom stereocenters. The van der Waals surface area contributed by atoms with E-state index >= 15 is 0 Å². The summed E-state index contributed by atoms with van der Waals surface area (Å²) in [5.74, 6) is -0.312. The fourth-order valence-electron chi connectivity index (χ4n) is 2.10. The lowest BCUT2D eigenvalue weighted by atomic mass is 10.0. The van der Waals surface area contributed by atoms with E-state index in [1.54, 1.807) is 26.8 Å². The van der Waals surface area contributed by atoms with Gasteiger partial charge in [0, 0.05) is 19.4 Å². The normalized spacial score (nSPS) is 17.6. The number of hydrogen-bond acceptors (Lipinski definition) is 4. The molecule has 0 saturated heterocycles. The summed E-state index contributed by atoms with van der Waals surface area (Å²) in [5.41, 5.74) is 1.91. The molecular formula is C13H16O5S. The zero-order valence-electron chi connectivity index (χ0n) is 11.2. The highest BCUT2D eigenvalue weighted by atomic mass is 32.2. The van der Waals surface area contributed by atoms with Gasteiger partial charge in [-0.25, -0.2) is 0 Å². The van der Waals surface area contributed by atoms with Crippen LogP contribution in [0.3, 0.4) is 0 Å². The van der Waals surface area contributed by atoms with Crippen molar-refractivity contribution in [1.29, 1.82) is 0 Å². The van der Waals surface area contributed by atoms with E-state index in [0.29, 0.717) is 16.9 Å². The molecule has 0 atom stereocenters. The van der Waals surface area contributed by atoms with Crippen LogP contribution in [0.5, 0.6) is 0 Å². The Balaban J connectivity index is 2.59. The minimum Gasteiger partial charge on any atom is -0.457 e. The van der Waals surface area contributed by atoms with Crippen molar-refractivity contribution in [3.63, 3.8) is 0 Å². The van der Waals surface area contributed by atoms with Crippen LogP contribution in [0.15, 0.2) is 23.3 Å². The first kappa shape index (κ1) is 13.9. The average Bonchev–Trinajstić information content (AvgIpc) is 2.56. The third kappa shape index (κ3) is 2.59. The van der Waals surface area contributed by atoms with Crippen LogP contribution in [0.25, 0.3) is 5.76 Å². The largest absolute Gasteiger partial charge is 0.457 e.